The van der Waals surface area contributed by atoms with E-state index in [-0.39, 0.29) is 35.5 Å². The van der Waals surface area contributed by atoms with Crippen molar-refractivity contribution in [3.63, 3.8) is 0 Å². The van der Waals surface area contributed by atoms with Gasteiger partial charge in [-0.05, 0) is 30.2 Å². The number of benzene rings is 2. The molecule has 1 atom stereocenters. The maximum absolute atomic E-state index is 12.9. The van der Waals surface area contributed by atoms with E-state index in [0.717, 1.165) is 29.8 Å². The van der Waals surface area contributed by atoms with Crippen molar-refractivity contribution in [3.05, 3.63) is 65.5 Å². The summed E-state index contributed by atoms with van der Waals surface area (Å²) >= 11 is 0. The number of rotatable bonds is 4. The van der Waals surface area contributed by atoms with Gasteiger partial charge in [-0.15, -0.1) is 0 Å². The molecule has 0 saturated carbocycles. The molecule has 1 aliphatic heterocycles. The Morgan fingerprint density at radius 1 is 1.17 bits per heavy atom. The van der Waals surface area contributed by atoms with Crippen molar-refractivity contribution >= 4 is 11.6 Å². The maximum atomic E-state index is 12.9. The molecule has 150 valence electrons. The van der Waals surface area contributed by atoms with Crippen molar-refractivity contribution in [2.45, 2.75) is 31.9 Å². The summed E-state index contributed by atoms with van der Waals surface area (Å²) in [6.07, 6.45) is -3.44. The zero-order valence-electron chi connectivity index (χ0n) is 15.6. The van der Waals surface area contributed by atoms with E-state index in [2.05, 4.69) is 10.1 Å². The molecule has 2 aromatic carbocycles. The predicted octanol–water partition coefficient (Wildman–Crippen LogP) is 4.84. The summed E-state index contributed by atoms with van der Waals surface area (Å²) in [5, 5.41) is 3.83. The van der Waals surface area contributed by atoms with Crippen LogP contribution in [0.4, 0.5) is 18.9 Å². The zero-order chi connectivity index (χ0) is 20.6. The van der Waals surface area contributed by atoms with Crippen LogP contribution in [0.25, 0.3) is 11.4 Å². The average molecular weight is 401 g/mol. The Bertz CT molecular complexity index is 1050. The van der Waals surface area contributed by atoms with Crippen molar-refractivity contribution in [1.29, 1.82) is 0 Å². The molecule has 1 fully saturated rings. The highest BCUT2D eigenvalue weighted by Crippen LogP contribution is 2.35. The topological polar surface area (TPSA) is 59.2 Å². The van der Waals surface area contributed by atoms with Crippen LogP contribution in [0.3, 0.4) is 0 Å². The van der Waals surface area contributed by atoms with Crippen LogP contribution < -0.4 is 4.90 Å². The number of carbonyl (C=O) groups is 1. The number of amides is 1. The minimum absolute atomic E-state index is 0.0466. The van der Waals surface area contributed by atoms with Crippen LogP contribution in [0.1, 0.15) is 36.3 Å². The third-order valence-electron chi connectivity index (χ3n) is 5.03. The summed E-state index contributed by atoms with van der Waals surface area (Å²) in [4.78, 5) is 18.5. The lowest BCUT2D eigenvalue weighted by Gasteiger charge is -2.19. The van der Waals surface area contributed by atoms with Gasteiger partial charge in [0.05, 0.1) is 11.5 Å². The fourth-order valence-electron chi connectivity index (χ4n) is 3.53. The molecule has 1 unspecified atom stereocenters. The normalized spacial score (nSPS) is 17.2. The molecule has 1 aromatic heterocycles. The van der Waals surface area contributed by atoms with Crippen LogP contribution in [0.2, 0.25) is 0 Å². The van der Waals surface area contributed by atoms with Crippen LogP contribution >= 0.6 is 0 Å². The van der Waals surface area contributed by atoms with Gasteiger partial charge in [0, 0.05) is 24.2 Å². The Hall–Kier alpha value is -3.16. The highest BCUT2D eigenvalue weighted by Gasteiger charge is 2.36. The SMILES string of the molecule is CCc1ccccc1N1CC(c2nc(-c3cccc(C(F)(F)F)c3)no2)CC1=O. The van der Waals surface area contributed by atoms with E-state index in [1.165, 1.54) is 12.1 Å². The van der Waals surface area contributed by atoms with E-state index >= 15 is 0 Å². The van der Waals surface area contributed by atoms with Crippen LogP contribution in [0.15, 0.2) is 53.1 Å². The highest BCUT2D eigenvalue weighted by molar-refractivity contribution is 5.97. The number of carbonyl (C=O) groups excluding carboxylic acids is 1. The molecular formula is C21H18F3N3O2. The van der Waals surface area contributed by atoms with Crippen LogP contribution in [-0.4, -0.2) is 22.6 Å². The summed E-state index contributed by atoms with van der Waals surface area (Å²) in [6, 6.07) is 12.5. The van der Waals surface area contributed by atoms with Gasteiger partial charge in [-0.3, -0.25) is 4.79 Å². The average Bonchev–Trinajstić information content (AvgIpc) is 3.34. The second kappa shape index (κ2) is 7.35. The predicted molar refractivity (Wildman–Crippen MR) is 100 cm³/mol. The van der Waals surface area contributed by atoms with Gasteiger partial charge >= 0.3 is 6.18 Å². The number of anilines is 1. The molecule has 2 heterocycles. The third kappa shape index (κ3) is 3.74. The van der Waals surface area contributed by atoms with Crippen molar-refractivity contribution in [1.82, 2.24) is 10.1 Å². The number of aryl methyl sites for hydroxylation is 1. The first-order chi connectivity index (χ1) is 13.9. The van der Waals surface area contributed by atoms with Gasteiger partial charge < -0.3 is 9.42 Å². The molecule has 1 saturated heterocycles. The van der Waals surface area contributed by atoms with E-state index < -0.39 is 11.7 Å². The molecule has 8 heteroatoms. The number of aromatic nitrogens is 2. The number of hydrogen-bond acceptors (Lipinski definition) is 4. The summed E-state index contributed by atoms with van der Waals surface area (Å²) in [5.41, 5.74) is 1.36. The van der Waals surface area contributed by atoms with Gasteiger partial charge in [0.1, 0.15) is 0 Å². The lowest BCUT2D eigenvalue weighted by atomic mass is 10.1. The van der Waals surface area contributed by atoms with Crippen LogP contribution in [0, 0.1) is 0 Å². The fraction of sp³-hybridized carbons (Fsp3) is 0.286. The quantitative estimate of drug-likeness (QED) is 0.628. The number of para-hydroxylation sites is 1. The number of hydrogen-bond donors (Lipinski definition) is 0. The number of nitrogens with zero attached hydrogens (tertiary/aromatic N) is 3. The Morgan fingerprint density at radius 2 is 1.97 bits per heavy atom. The van der Waals surface area contributed by atoms with Crippen molar-refractivity contribution in [3.8, 4) is 11.4 Å². The molecule has 5 nitrogen and oxygen atoms in total. The molecule has 0 spiro atoms. The van der Waals surface area contributed by atoms with Crippen molar-refractivity contribution in [2.75, 3.05) is 11.4 Å². The zero-order valence-corrected chi connectivity index (χ0v) is 15.6. The fourth-order valence-corrected chi connectivity index (χ4v) is 3.53. The third-order valence-corrected chi connectivity index (χ3v) is 5.03. The minimum Gasteiger partial charge on any atom is -0.339 e. The van der Waals surface area contributed by atoms with Crippen molar-refractivity contribution in [2.24, 2.45) is 0 Å². The molecule has 3 aromatic rings. The lowest BCUT2D eigenvalue weighted by molar-refractivity contribution is -0.137. The molecule has 1 amide bonds. The Morgan fingerprint density at radius 3 is 2.72 bits per heavy atom. The molecule has 4 rings (SSSR count). The van der Waals surface area contributed by atoms with E-state index in [9.17, 15) is 18.0 Å². The molecule has 0 aliphatic carbocycles. The summed E-state index contributed by atoms with van der Waals surface area (Å²) in [5.74, 6) is -0.0256. The maximum Gasteiger partial charge on any atom is 0.416 e. The van der Waals surface area contributed by atoms with E-state index in [4.69, 9.17) is 4.52 Å². The number of alkyl halides is 3. The van der Waals surface area contributed by atoms with E-state index in [1.807, 2.05) is 31.2 Å². The van der Waals surface area contributed by atoms with E-state index in [1.54, 1.807) is 4.90 Å². The van der Waals surface area contributed by atoms with Gasteiger partial charge in [-0.25, -0.2) is 0 Å². The highest BCUT2D eigenvalue weighted by atomic mass is 19.4. The van der Waals surface area contributed by atoms with Gasteiger partial charge in [-0.1, -0.05) is 42.4 Å². The molecular weight excluding hydrogens is 383 g/mol. The first-order valence-corrected chi connectivity index (χ1v) is 9.26. The molecule has 1 aliphatic rings. The van der Waals surface area contributed by atoms with Gasteiger partial charge in [0.15, 0.2) is 0 Å². The van der Waals surface area contributed by atoms with Gasteiger partial charge in [0.25, 0.3) is 0 Å². The summed E-state index contributed by atoms with van der Waals surface area (Å²) < 4.78 is 44.1. The number of halogens is 3. The summed E-state index contributed by atoms with van der Waals surface area (Å²) in [7, 11) is 0. The summed E-state index contributed by atoms with van der Waals surface area (Å²) in [6.45, 7) is 2.41. The van der Waals surface area contributed by atoms with Crippen LogP contribution in [-0.2, 0) is 17.4 Å². The smallest absolute Gasteiger partial charge is 0.339 e. The van der Waals surface area contributed by atoms with Gasteiger partial charge in [-0.2, -0.15) is 18.2 Å². The van der Waals surface area contributed by atoms with E-state index in [0.29, 0.717) is 6.54 Å². The monoisotopic (exact) mass is 401 g/mol. The molecule has 0 bridgehead atoms. The Labute approximate surface area is 165 Å². The minimum atomic E-state index is -4.45. The second-order valence-electron chi connectivity index (χ2n) is 6.92. The Kier molecular flexibility index (Phi) is 4.86. The first-order valence-electron chi connectivity index (χ1n) is 9.26. The standard InChI is InChI=1S/C21H18F3N3O2/c1-2-13-6-3-4-9-17(13)27-12-15(11-18(27)28)20-25-19(26-29-20)14-7-5-8-16(10-14)21(22,23)24/h3-10,15H,2,11-12H2,1H3. The van der Waals surface area contributed by atoms with Crippen LogP contribution in [0.5, 0.6) is 0 Å². The Balaban J connectivity index is 1.57. The lowest BCUT2D eigenvalue weighted by Crippen LogP contribution is -2.25. The molecule has 0 radical (unpaired) electrons. The largest absolute Gasteiger partial charge is 0.416 e. The first kappa shape index (κ1) is 19.2. The molecule has 29 heavy (non-hydrogen) atoms. The van der Waals surface area contributed by atoms with Crippen molar-refractivity contribution < 1.29 is 22.5 Å². The van der Waals surface area contributed by atoms with Gasteiger partial charge in [0.2, 0.25) is 17.6 Å². The second-order valence-corrected chi connectivity index (χ2v) is 6.92. The molecule has 0 N–H and O–H groups in total.